The van der Waals surface area contributed by atoms with Crippen molar-refractivity contribution in [2.45, 2.75) is 31.1 Å². The molecule has 0 spiro atoms. The maximum atomic E-state index is 6.45. The molecule has 71 heavy (non-hydrogen) atoms. The zero-order chi connectivity index (χ0) is 47.5. The lowest BCUT2D eigenvalue weighted by molar-refractivity contribution is 0.456. The first-order chi connectivity index (χ1) is 35.0. The number of ether oxygens (including phenoxy) is 2. The fourth-order valence-electron chi connectivity index (χ4n) is 11.8. The van der Waals surface area contributed by atoms with Crippen LogP contribution in [-0.4, -0.2) is 0 Å². The van der Waals surface area contributed by atoms with Crippen LogP contribution in [0.4, 0.5) is 0 Å². The molecule has 0 saturated carbocycles. The maximum absolute atomic E-state index is 6.45. The molecule has 0 radical (unpaired) electrons. The molecule has 0 N–H and O–H groups in total. The average molecular weight is 911 g/mol. The highest BCUT2D eigenvalue weighted by Crippen LogP contribution is 2.54. The van der Waals surface area contributed by atoms with Crippen LogP contribution in [-0.2, 0) is 5.41 Å². The quantitative estimate of drug-likeness (QED) is 0.172. The Labute approximate surface area is 415 Å². The van der Waals surface area contributed by atoms with Gasteiger partial charge in [0.05, 0.1) is 0 Å². The van der Waals surface area contributed by atoms with Gasteiger partial charge < -0.3 is 9.47 Å². The zero-order valence-corrected chi connectivity index (χ0v) is 39.7. The second-order valence-electron chi connectivity index (χ2n) is 19.4. The van der Waals surface area contributed by atoms with Crippen molar-refractivity contribution in [3.05, 3.63) is 299 Å². The van der Waals surface area contributed by atoms with E-state index < -0.39 is 0 Å². The molecule has 3 aliphatic rings. The molecule has 0 fully saturated rings. The van der Waals surface area contributed by atoms with E-state index in [1.165, 1.54) is 98.7 Å². The molecule has 2 nitrogen and oxygen atoms in total. The average Bonchev–Trinajstić information content (AvgIpc) is 3.68. The van der Waals surface area contributed by atoms with Crippen LogP contribution >= 0.6 is 0 Å². The van der Waals surface area contributed by atoms with Crippen LogP contribution in [0.15, 0.2) is 255 Å². The molecule has 2 heteroatoms. The summed E-state index contributed by atoms with van der Waals surface area (Å²) in [4.78, 5) is 0. The molecular weight excluding hydrogens is 861 g/mol. The van der Waals surface area contributed by atoms with E-state index in [-0.39, 0.29) is 17.3 Å². The third kappa shape index (κ3) is 7.17. The van der Waals surface area contributed by atoms with Gasteiger partial charge in [0.2, 0.25) is 0 Å². The van der Waals surface area contributed by atoms with Gasteiger partial charge in [0.25, 0.3) is 0 Å². The van der Waals surface area contributed by atoms with E-state index in [0.29, 0.717) is 0 Å². The van der Waals surface area contributed by atoms with Crippen LogP contribution in [0.2, 0.25) is 0 Å². The fourth-order valence-corrected chi connectivity index (χ4v) is 11.8. The number of fused-ring (bicyclic) bond motifs is 15. The van der Waals surface area contributed by atoms with Gasteiger partial charge in [-0.25, -0.2) is 0 Å². The molecule has 2 heterocycles. The monoisotopic (exact) mass is 910 g/mol. The highest BCUT2D eigenvalue weighted by molar-refractivity contribution is 5.97. The third-order valence-electron chi connectivity index (χ3n) is 15.1. The van der Waals surface area contributed by atoms with Crippen LogP contribution < -0.4 is 9.47 Å². The van der Waals surface area contributed by atoms with E-state index in [9.17, 15) is 0 Å². The van der Waals surface area contributed by atoms with Gasteiger partial charge in [0.1, 0.15) is 23.0 Å². The van der Waals surface area contributed by atoms with Crippen molar-refractivity contribution in [1.29, 1.82) is 0 Å². The summed E-state index contributed by atoms with van der Waals surface area (Å²) in [6.07, 6.45) is 0. The molecule has 0 saturated heterocycles. The summed E-state index contributed by atoms with van der Waals surface area (Å²) in [7, 11) is 0. The van der Waals surface area contributed by atoms with Crippen LogP contribution in [0.5, 0.6) is 23.0 Å². The van der Waals surface area contributed by atoms with Crippen molar-refractivity contribution in [3.8, 4) is 34.1 Å². The van der Waals surface area contributed by atoms with E-state index in [2.05, 4.69) is 269 Å². The number of rotatable bonds is 2. The van der Waals surface area contributed by atoms with Crippen molar-refractivity contribution < 1.29 is 9.47 Å². The van der Waals surface area contributed by atoms with E-state index in [0.717, 1.165) is 23.0 Å². The molecule has 12 aromatic carbocycles. The van der Waals surface area contributed by atoms with Crippen LogP contribution in [0.25, 0.3) is 54.2 Å². The summed E-state index contributed by atoms with van der Waals surface area (Å²) in [6, 6.07) is 90.5. The molecule has 2 aliphatic heterocycles. The minimum atomic E-state index is 0.136. The summed E-state index contributed by atoms with van der Waals surface area (Å²) in [6.45, 7) is 4.61. The maximum Gasteiger partial charge on any atom is 0.132 e. The first-order valence-electron chi connectivity index (χ1n) is 24.7. The number of hydrogen-bond donors (Lipinski definition) is 0. The Morgan fingerprint density at radius 3 is 0.859 bits per heavy atom. The van der Waals surface area contributed by atoms with Crippen LogP contribution in [0.3, 0.4) is 0 Å². The Morgan fingerprint density at radius 2 is 0.535 bits per heavy atom. The molecular formula is C69H50O2. The molecule has 0 amide bonds. The number of benzene rings is 12. The lowest BCUT2D eigenvalue weighted by Gasteiger charge is -2.31. The second kappa shape index (κ2) is 17.4. The molecule has 12 aromatic rings. The largest absolute Gasteiger partial charge is 0.457 e. The Morgan fingerprint density at radius 1 is 0.268 bits per heavy atom. The minimum absolute atomic E-state index is 0.136. The summed E-state index contributed by atoms with van der Waals surface area (Å²) < 4.78 is 12.9. The third-order valence-corrected chi connectivity index (χ3v) is 15.1. The smallest absolute Gasteiger partial charge is 0.132 e. The van der Waals surface area contributed by atoms with Gasteiger partial charge >= 0.3 is 0 Å². The molecule has 338 valence electrons. The van der Waals surface area contributed by atoms with Crippen molar-refractivity contribution >= 4 is 43.1 Å². The van der Waals surface area contributed by atoms with Crippen molar-refractivity contribution in [2.75, 3.05) is 0 Å². The SMILES string of the molecule is CC1(C)c2ccccc2-c2ccccc21.c1ccc(C2c3c(ccc4ccccc34)Oc3ccc4ccccc4c32)cc1.c1ccc(C2c3c(ccc4ccccc34)Oc3ccc4ccccc4c32)cc1. The van der Waals surface area contributed by atoms with Gasteiger partial charge in [0, 0.05) is 39.5 Å². The lowest BCUT2D eigenvalue weighted by atomic mass is 9.78. The summed E-state index contributed by atoms with van der Waals surface area (Å²) in [5, 5.41) is 10.0. The minimum Gasteiger partial charge on any atom is -0.457 e. The van der Waals surface area contributed by atoms with Gasteiger partial charge in [-0.05, 0) is 101 Å². The standard InChI is InChI=1S/2C27H18O.C15H14/c2*1-2-10-20(11-3-1)25-26-21-12-6-4-8-18(21)14-16-23(26)28-24-17-15-19-9-5-7-13-22(19)27(24)25;1-15(2)13-9-5-3-7-11(13)12-8-4-6-10-14(12)15/h2*1-17,25H;3-10H,1-2H3. The highest BCUT2D eigenvalue weighted by Gasteiger charge is 2.35. The van der Waals surface area contributed by atoms with Gasteiger partial charge in [0.15, 0.2) is 0 Å². The predicted octanol–water partition coefficient (Wildman–Crippen LogP) is 18.6. The topological polar surface area (TPSA) is 18.5 Å². The lowest BCUT2D eigenvalue weighted by Crippen LogP contribution is -2.14. The normalized spacial score (nSPS) is 13.7. The summed E-state index contributed by atoms with van der Waals surface area (Å²) in [5.41, 5.74) is 13.5. The van der Waals surface area contributed by atoms with Crippen LogP contribution in [0.1, 0.15) is 70.2 Å². The van der Waals surface area contributed by atoms with Crippen LogP contribution in [0, 0.1) is 0 Å². The Balaban J connectivity index is 0.000000109. The van der Waals surface area contributed by atoms with E-state index >= 15 is 0 Å². The first kappa shape index (κ1) is 42.4. The molecule has 0 aromatic heterocycles. The fraction of sp³-hybridized carbons (Fsp3) is 0.0725. The highest BCUT2D eigenvalue weighted by atomic mass is 16.5. The van der Waals surface area contributed by atoms with Gasteiger partial charge in [-0.3, -0.25) is 0 Å². The Hall–Kier alpha value is -8.72. The van der Waals surface area contributed by atoms with E-state index in [1.54, 1.807) is 0 Å². The molecule has 0 unspecified atom stereocenters. The summed E-state index contributed by atoms with van der Waals surface area (Å²) >= 11 is 0. The molecule has 1 aliphatic carbocycles. The Kier molecular flexibility index (Phi) is 10.4. The second-order valence-corrected chi connectivity index (χ2v) is 19.4. The number of hydrogen-bond acceptors (Lipinski definition) is 2. The van der Waals surface area contributed by atoms with Gasteiger partial charge in [-0.2, -0.15) is 0 Å². The predicted molar refractivity (Wildman–Crippen MR) is 295 cm³/mol. The first-order valence-corrected chi connectivity index (χ1v) is 24.7. The van der Waals surface area contributed by atoms with E-state index in [1.807, 2.05) is 0 Å². The molecule has 15 rings (SSSR count). The molecule has 0 atom stereocenters. The summed E-state index contributed by atoms with van der Waals surface area (Å²) in [5.74, 6) is 4.09. The molecule has 0 bridgehead atoms. The van der Waals surface area contributed by atoms with Crippen molar-refractivity contribution in [1.82, 2.24) is 0 Å². The van der Waals surface area contributed by atoms with Gasteiger partial charge in [-0.15, -0.1) is 0 Å². The van der Waals surface area contributed by atoms with Crippen molar-refractivity contribution in [3.63, 3.8) is 0 Å². The Bertz CT molecular complexity index is 3550. The van der Waals surface area contributed by atoms with Crippen molar-refractivity contribution in [2.24, 2.45) is 0 Å². The zero-order valence-electron chi connectivity index (χ0n) is 39.7. The van der Waals surface area contributed by atoms with Gasteiger partial charge in [-0.1, -0.05) is 244 Å². The van der Waals surface area contributed by atoms with E-state index in [4.69, 9.17) is 9.47 Å².